The summed E-state index contributed by atoms with van der Waals surface area (Å²) in [5, 5.41) is 13.9. The van der Waals surface area contributed by atoms with Crippen LogP contribution >= 0.6 is 0 Å². The fourth-order valence-corrected chi connectivity index (χ4v) is 2.18. The van der Waals surface area contributed by atoms with Crippen molar-refractivity contribution in [2.45, 2.75) is 63.9 Å². The van der Waals surface area contributed by atoms with E-state index in [9.17, 15) is 5.11 Å². The first-order valence-electron chi connectivity index (χ1n) is 6.24. The van der Waals surface area contributed by atoms with Crippen LogP contribution in [0, 0.1) is 0 Å². The number of aliphatic hydroxyl groups excluding tert-OH is 1. The van der Waals surface area contributed by atoms with Crippen LogP contribution in [-0.2, 0) is 0 Å². The lowest BCUT2D eigenvalue weighted by molar-refractivity contribution is 0.0908. The smallest absolute Gasteiger partial charge is 0.232 e. The number of aliphatic hydroxyl groups is 1. The predicted molar refractivity (Wildman–Crippen MR) is 60.2 cm³/mol. The average molecular weight is 224 g/mol. The Balaban J connectivity index is 2.11. The zero-order valence-corrected chi connectivity index (χ0v) is 10.0. The summed E-state index contributed by atoms with van der Waals surface area (Å²) in [5.74, 6) is 1.79. The minimum atomic E-state index is -0.306. The number of hydrogen-bond acceptors (Lipinski definition) is 4. The molecule has 4 nitrogen and oxygen atoms in total. The first-order valence-corrected chi connectivity index (χ1v) is 6.24. The van der Waals surface area contributed by atoms with Crippen molar-refractivity contribution >= 4 is 0 Å². The van der Waals surface area contributed by atoms with Gasteiger partial charge in [-0.05, 0) is 19.3 Å². The van der Waals surface area contributed by atoms with E-state index in [-0.39, 0.29) is 12.0 Å². The quantitative estimate of drug-likeness (QED) is 0.857. The van der Waals surface area contributed by atoms with Crippen LogP contribution in [0.1, 0.15) is 69.5 Å². The van der Waals surface area contributed by atoms with Crippen molar-refractivity contribution in [2.24, 2.45) is 0 Å². The number of rotatable bonds is 3. The van der Waals surface area contributed by atoms with Crippen LogP contribution < -0.4 is 0 Å². The second-order valence-corrected chi connectivity index (χ2v) is 4.76. The molecule has 0 saturated heterocycles. The number of nitrogens with zero attached hydrogens (tertiary/aromatic N) is 2. The van der Waals surface area contributed by atoms with Gasteiger partial charge in [0.25, 0.3) is 0 Å². The standard InChI is InChI=1S/C12H20N2O2/c1-3-8(2)11-13-12(16-14-11)9-6-4-5-7-10(9)15/h8-10,15H,3-7H2,1-2H3. The Labute approximate surface area is 96.1 Å². The van der Waals surface area contributed by atoms with Gasteiger partial charge in [-0.3, -0.25) is 0 Å². The van der Waals surface area contributed by atoms with Crippen LogP contribution in [-0.4, -0.2) is 21.4 Å². The third kappa shape index (κ3) is 2.26. The van der Waals surface area contributed by atoms with Crippen LogP contribution in [0.4, 0.5) is 0 Å². The van der Waals surface area contributed by atoms with Gasteiger partial charge in [0.05, 0.1) is 12.0 Å². The maximum atomic E-state index is 9.90. The topological polar surface area (TPSA) is 59.2 Å². The van der Waals surface area contributed by atoms with Crippen molar-refractivity contribution in [3.63, 3.8) is 0 Å². The molecule has 0 bridgehead atoms. The molecule has 2 rings (SSSR count). The Morgan fingerprint density at radius 1 is 1.44 bits per heavy atom. The second kappa shape index (κ2) is 4.95. The zero-order chi connectivity index (χ0) is 11.5. The predicted octanol–water partition coefficient (Wildman–Crippen LogP) is 2.60. The molecular weight excluding hydrogens is 204 g/mol. The Morgan fingerprint density at radius 2 is 2.19 bits per heavy atom. The summed E-state index contributed by atoms with van der Waals surface area (Å²) in [6, 6.07) is 0. The van der Waals surface area contributed by atoms with Gasteiger partial charge in [-0.25, -0.2) is 0 Å². The van der Waals surface area contributed by atoms with Gasteiger partial charge in [0.15, 0.2) is 5.82 Å². The summed E-state index contributed by atoms with van der Waals surface area (Å²) in [5.41, 5.74) is 0. The van der Waals surface area contributed by atoms with Gasteiger partial charge < -0.3 is 9.63 Å². The molecule has 1 aliphatic rings. The van der Waals surface area contributed by atoms with E-state index < -0.39 is 0 Å². The Bertz CT molecular complexity index is 338. The lowest BCUT2D eigenvalue weighted by atomic mass is 9.86. The fraction of sp³-hybridized carbons (Fsp3) is 0.833. The van der Waals surface area contributed by atoms with Crippen LogP contribution in [0.3, 0.4) is 0 Å². The molecule has 3 unspecified atom stereocenters. The van der Waals surface area contributed by atoms with Gasteiger partial charge in [-0.1, -0.05) is 31.8 Å². The minimum Gasteiger partial charge on any atom is -0.392 e. The summed E-state index contributed by atoms with van der Waals surface area (Å²) in [4.78, 5) is 4.42. The summed E-state index contributed by atoms with van der Waals surface area (Å²) in [6.07, 6.45) is 4.76. The van der Waals surface area contributed by atoms with Crippen molar-refractivity contribution in [2.75, 3.05) is 0 Å². The van der Waals surface area contributed by atoms with E-state index >= 15 is 0 Å². The molecule has 1 N–H and O–H groups in total. The van der Waals surface area contributed by atoms with E-state index in [4.69, 9.17) is 4.52 Å². The van der Waals surface area contributed by atoms with Gasteiger partial charge in [0.2, 0.25) is 5.89 Å². The molecule has 90 valence electrons. The molecule has 0 aliphatic heterocycles. The second-order valence-electron chi connectivity index (χ2n) is 4.76. The van der Waals surface area contributed by atoms with Crippen molar-refractivity contribution in [3.8, 4) is 0 Å². The van der Waals surface area contributed by atoms with Gasteiger partial charge in [-0.15, -0.1) is 0 Å². The molecule has 1 aliphatic carbocycles. The number of aromatic nitrogens is 2. The van der Waals surface area contributed by atoms with Crippen molar-refractivity contribution in [1.29, 1.82) is 0 Å². The first kappa shape index (κ1) is 11.6. The SMILES string of the molecule is CCC(C)c1noc(C2CCCCC2O)n1. The average Bonchev–Trinajstić information content (AvgIpc) is 2.78. The molecule has 3 atom stereocenters. The molecule has 16 heavy (non-hydrogen) atoms. The molecule has 1 heterocycles. The summed E-state index contributed by atoms with van der Waals surface area (Å²) in [7, 11) is 0. The zero-order valence-electron chi connectivity index (χ0n) is 10.0. The van der Waals surface area contributed by atoms with E-state index in [1.807, 2.05) is 0 Å². The molecule has 1 aromatic rings. The van der Waals surface area contributed by atoms with Crippen molar-refractivity contribution in [3.05, 3.63) is 11.7 Å². The third-order valence-corrected chi connectivity index (χ3v) is 3.56. The van der Waals surface area contributed by atoms with Crippen LogP contribution in [0.2, 0.25) is 0 Å². The van der Waals surface area contributed by atoms with Gasteiger partial charge >= 0.3 is 0 Å². The molecule has 1 aromatic heterocycles. The molecule has 4 heteroatoms. The Kier molecular flexibility index (Phi) is 3.59. The maximum absolute atomic E-state index is 9.90. The lowest BCUT2D eigenvalue weighted by Gasteiger charge is -2.24. The highest BCUT2D eigenvalue weighted by molar-refractivity contribution is 5.01. The Morgan fingerprint density at radius 3 is 2.88 bits per heavy atom. The van der Waals surface area contributed by atoms with E-state index in [1.54, 1.807) is 0 Å². The Hall–Kier alpha value is -0.900. The van der Waals surface area contributed by atoms with E-state index in [0.717, 1.165) is 37.9 Å². The van der Waals surface area contributed by atoms with Crippen LogP contribution in [0.25, 0.3) is 0 Å². The highest BCUT2D eigenvalue weighted by Gasteiger charge is 2.29. The summed E-state index contributed by atoms with van der Waals surface area (Å²) in [6.45, 7) is 4.20. The third-order valence-electron chi connectivity index (χ3n) is 3.56. The molecular formula is C12H20N2O2. The molecule has 1 fully saturated rings. The van der Waals surface area contributed by atoms with Crippen molar-refractivity contribution in [1.82, 2.24) is 10.1 Å². The summed E-state index contributed by atoms with van der Waals surface area (Å²) >= 11 is 0. The molecule has 1 saturated carbocycles. The van der Waals surface area contributed by atoms with Crippen LogP contribution in [0.15, 0.2) is 4.52 Å². The fourth-order valence-electron chi connectivity index (χ4n) is 2.18. The van der Waals surface area contributed by atoms with E-state index in [2.05, 4.69) is 24.0 Å². The highest BCUT2D eigenvalue weighted by atomic mass is 16.5. The van der Waals surface area contributed by atoms with Crippen LogP contribution in [0.5, 0.6) is 0 Å². The lowest BCUT2D eigenvalue weighted by Crippen LogP contribution is -2.22. The molecule has 0 amide bonds. The minimum absolute atomic E-state index is 0.0547. The number of hydrogen-bond donors (Lipinski definition) is 1. The van der Waals surface area contributed by atoms with Gasteiger partial charge in [0, 0.05) is 5.92 Å². The molecule has 0 aromatic carbocycles. The van der Waals surface area contributed by atoms with E-state index in [0.29, 0.717) is 11.8 Å². The van der Waals surface area contributed by atoms with Gasteiger partial charge in [0.1, 0.15) is 0 Å². The maximum Gasteiger partial charge on any atom is 0.232 e. The first-order chi connectivity index (χ1) is 7.72. The van der Waals surface area contributed by atoms with Gasteiger partial charge in [-0.2, -0.15) is 4.98 Å². The van der Waals surface area contributed by atoms with Crippen molar-refractivity contribution < 1.29 is 9.63 Å². The monoisotopic (exact) mass is 224 g/mol. The normalized spacial score (nSPS) is 27.9. The highest BCUT2D eigenvalue weighted by Crippen LogP contribution is 2.32. The van der Waals surface area contributed by atoms with E-state index in [1.165, 1.54) is 0 Å². The molecule has 0 spiro atoms. The largest absolute Gasteiger partial charge is 0.392 e. The summed E-state index contributed by atoms with van der Waals surface area (Å²) < 4.78 is 5.28. The molecule has 0 radical (unpaired) electrons.